The Morgan fingerprint density at radius 3 is 2.55 bits per heavy atom. The summed E-state index contributed by atoms with van der Waals surface area (Å²) in [5.41, 5.74) is 0.170. The SMILES string of the molecule is CCC(C)(C)c1nc(Br)ns1. The summed E-state index contributed by atoms with van der Waals surface area (Å²) in [7, 11) is 0. The molecule has 0 atom stereocenters. The third-order valence-corrected chi connectivity index (χ3v) is 3.53. The van der Waals surface area contributed by atoms with Crippen molar-refractivity contribution < 1.29 is 0 Å². The van der Waals surface area contributed by atoms with E-state index in [0.29, 0.717) is 4.73 Å². The van der Waals surface area contributed by atoms with Gasteiger partial charge in [0.2, 0.25) is 4.73 Å². The van der Waals surface area contributed by atoms with Gasteiger partial charge in [0, 0.05) is 5.41 Å². The Bertz CT molecular complexity index is 244. The summed E-state index contributed by atoms with van der Waals surface area (Å²) in [6, 6.07) is 0. The van der Waals surface area contributed by atoms with Gasteiger partial charge in [0.1, 0.15) is 5.01 Å². The summed E-state index contributed by atoms with van der Waals surface area (Å²) < 4.78 is 4.79. The predicted molar refractivity (Wildman–Crippen MR) is 50.9 cm³/mol. The molecule has 0 aliphatic rings. The highest BCUT2D eigenvalue weighted by atomic mass is 79.9. The molecule has 11 heavy (non-hydrogen) atoms. The molecule has 1 aromatic rings. The molecule has 0 saturated carbocycles. The van der Waals surface area contributed by atoms with E-state index in [-0.39, 0.29) is 5.41 Å². The lowest BCUT2D eigenvalue weighted by Gasteiger charge is -2.17. The van der Waals surface area contributed by atoms with Gasteiger partial charge in [0.05, 0.1) is 0 Å². The van der Waals surface area contributed by atoms with Crippen LogP contribution in [0.4, 0.5) is 0 Å². The maximum Gasteiger partial charge on any atom is 0.209 e. The third-order valence-electron chi connectivity index (χ3n) is 1.86. The molecule has 62 valence electrons. The predicted octanol–water partition coefficient (Wildman–Crippen LogP) is 2.99. The highest BCUT2D eigenvalue weighted by Crippen LogP contribution is 2.28. The molecule has 0 radical (unpaired) electrons. The van der Waals surface area contributed by atoms with Crippen molar-refractivity contribution in [2.45, 2.75) is 32.6 Å². The van der Waals surface area contributed by atoms with Crippen LogP contribution in [-0.4, -0.2) is 9.36 Å². The fraction of sp³-hybridized carbons (Fsp3) is 0.714. The van der Waals surface area contributed by atoms with E-state index in [9.17, 15) is 0 Å². The fourth-order valence-electron chi connectivity index (χ4n) is 0.632. The Hall–Kier alpha value is 0.0400. The second-order valence-corrected chi connectivity index (χ2v) is 4.57. The van der Waals surface area contributed by atoms with Crippen molar-refractivity contribution in [1.29, 1.82) is 0 Å². The van der Waals surface area contributed by atoms with Crippen molar-refractivity contribution in [3.8, 4) is 0 Å². The number of aromatic nitrogens is 2. The van der Waals surface area contributed by atoms with Gasteiger partial charge >= 0.3 is 0 Å². The van der Waals surface area contributed by atoms with Crippen molar-refractivity contribution in [3.05, 3.63) is 9.74 Å². The average Bonchev–Trinajstić information content (AvgIpc) is 2.36. The molecule has 1 rings (SSSR count). The van der Waals surface area contributed by atoms with E-state index in [1.54, 1.807) is 0 Å². The number of halogens is 1. The molecule has 1 heterocycles. The molecule has 0 fully saturated rings. The lowest BCUT2D eigenvalue weighted by atomic mass is 9.91. The fourth-order valence-corrected chi connectivity index (χ4v) is 1.86. The lowest BCUT2D eigenvalue weighted by molar-refractivity contribution is 0.502. The second kappa shape index (κ2) is 3.19. The van der Waals surface area contributed by atoms with Gasteiger partial charge in [0.15, 0.2) is 0 Å². The summed E-state index contributed by atoms with van der Waals surface area (Å²) in [6.45, 7) is 6.52. The highest BCUT2D eigenvalue weighted by Gasteiger charge is 2.22. The van der Waals surface area contributed by atoms with Crippen LogP contribution in [0.5, 0.6) is 0 Å². The summed E-state index contributed by atoms with van der Waals surface area (Å²) in [4.78, 5) is 4.28. The van der Waals surface area contributed by atoms with Gasteiger partial charge < -0.3 is 0 Å². The quantitative estimate of drug-likeness (QED) is 0.787. The van der Waals surface area contributed by atoms with E-state index in [1.807, 2.05) is 0 Å². The zero-order chi connectivity index (χ0) is 8.48. The van der Waals surface area contributed by atoms with Crippen LogP contribution in [0.1, 0.15) is 32.2 Å². The molecular formula is C7H11BrN2S. The molecule has 1 aromatic heterocycles. The standard InChI is InChI=1S/C7H11BrN2S/c1-4-7(2,3)5-9-6(8)10-11-5/h4H2,1-3H3. The number of hydrogen-bond acceptors (Lipinski definition) is 3. The van der Waals surface area contributed by atoms with Crippen LogP contribution in [-0.2, 0) is 5.41 Å². The van der Waals surface area contributed by atoms with Crippen molar-refractivity contribution in [2.75, 3.05) is 0 Å². The molecule has 0 unspecified atom stereocenters. The first-order chi connectivity index (χ1) is 5.06. The summed E-state index contributed by atoms with van der Waals surface area (Å²) in [5.74, 6) is 0. The van der Waals surface area contributed by atoms with Gasteiger partial charge in [0.25, 0.3) is 0 Å². The number of rotatable bonds is 2. The van der Waals surface area contributed by atoms with Crippen LogP contribution in [0.25, 0.3) is 0 Å². The molecule has 2 nitrogen and oxygen atoms in total. The largest absolute Gasteiger partial charge is 0.213 e. The Morgan fingerprint density at radius 2 is 2.18 bits per heavy atom. The minimum Gasteiger partial charge on any atom is -0.213 e. The van der Waals surface area contributed by atoms with E-state index in [0.717, 1.165) is 11.4 Å². The van der Waals surface area contributed by atoms with Crippen molar-refractivity contribution >= 4 is 27.5 Å². The van der Waals surface area contributed by atoms with Crippen LogP contribution in [0.3, 0.4) is 0 Å². The Kier molecular flexibility index (Phi) is 2.65. The minimum absolute atomic E-state index is 0.170. The summed E-state index contributed by atoms with van der Waals surface area (Å²) in [5, 5.41) is 1.10. The van der Waals surface area contributed by atoms with Crippen LogP contribution >= 0.6 is 27.5 Å². The zero-order valence-electron chi connectivity index (χ0n) is 6.89. The van der Waals surface area contributed by atoms with E-state index < -0.39 is 0 Å². The average molecular weight is 235 g/mol. The maximum atomic E-state index is 4.28. The molecule has 0 bridgehead atoms. The first-order valence-corrected chi connectivity index (χ1v) is 5.12. The molecule has 0 spiro atoms. The first kappa shape index (κ1) is 9.13. The van der Waals surface area contributed by atoms with Crippen molar-refractivity contribution in [3.63, 3.8) is 0 Å². The van der Waals surface area contributed by atoms with E-state index >= 15 is 0 Å². The van der Waals surface area contributed by atoms with Crippen LogP contribution in [0, 0.1) is 0 Å². The van der Waals surface area contributed by atoms with Crippen LogP contribution in [0.2, 0.25) is 0 Å². The van der Waals surface area contributed by atoms with E-state index in [2.05, 4.69) is 46.1 Å². The molecule has 0 aliphatic heterocycles. The van der Waals surface area contributed by atoms with Crippen LogP contribution in [0.15, 0.2) is 4.73 Å². The van der Waals surface area contributed by atoms with Crippen molar-refractivity contribution in [1.82, 2.24) is 9.36 Å². The lowest BCUT2D eigenvalue weighted by Crippen LogP contribution is -2.14. The molecular weight excluding hydrogens is 224 g/mol. The monoisotopic (exact) mass is 234 g/mol. The first-order valence-electron chi connectivity index (χ1n) is 3.56. The number of nitrogens with zero attached hydrogens (tertiary/aromatic N) is 2. The Balaban J connectivity index is 2.92. The topological polar surface area (TPSA) is 25.8 Å². The Morgan fingerprint density at radius 1 is 1.55 bits per heavy atom. The van der Waals surface area contributed by atoms with E-state index in [4.69, 9.17) is 0 Å². The van der Waals surface area contributed by atoms with Crippen molar-refractivity contribution in [2.24, 2.45) is 0 Å². The second-order valence-electron chi connectivity index (χ2n) is 3.11. The minimum atomic E-state index is 0.170. The zero-order valence-corrected chi connectivity index (χ0v) is 9.29. The number of hydrogen-bond donors (Lipinski definition) is 0. The maximum absolute atomic E-state index is 4.28. The Labute approximate surface area is 79.3 Å². The normalized spacial score (nSPS) is 12.0. The molecule has 0 aliphatic carbocycles. The van der Waals surface area contributed by atoms with E-state index in [1.165, 1.54) is 11.5 Å². The molecule has 4 heteroatoms. The van der Waals surface area contributed by atoms with Gasteiger partial charge in [-0.3, -0.25) is 0 Å². The molecule has 0 amide bonds. The van der Waals surface area contributed by atoms with Gasteiger partial charge in [-0.1, -0.05) is 20.8 Å². The molecule has 0 aromatic carbocycles. The van der Waals surface area contributed by atoms with Gasteiger partial charge in [-0.15, -0.1) is 0 Å². The highest BCUT2D eigenvalue weighted by molar-refractivity contribution is 9.10. The smallest absolute Gasteiger partial charge is 0.209 e. The summed E-state index contributed by atoms with van der Waals surface area (Å²) >= 11 is 4.72. The van der Waals surface area contributed by atoms with Gasteiger partial charge in [-0.05, 0) is 33.9 Å². The van der Waals surface area contributed by atoms with Gasteiger partial charge in [-0.2, -0.15) is 4.37 Å². The van der Waals surface area contributed by atoms with Crippen LogP contribution < -0.4 is 0 Å². The molecule has 0 N–H and O–H groups in total. The van der Waals surface area contributed by atoms with Gasteiger partial charge in [-0.25, -0.2) is 4.98 Å². The third kappa shape index (κ3) is 1.99. The molecule has 0 saturated heterocycles. The summed E-state index contributed by atoms with van der Waals surface area (Å²) in [6.07, 6.45) is 1.09.